The van der Waals surface area contributed by atoms with Gasteiger partial charge in [0, 0.05) is 36.0 Å². The third kappa shape index (κ3) is 3.26. The minimum atomic E-state index is 0.163. The standard InChI is InChI=1S/C16H21IN2/c1-4-7-14(8-5-2)19-12-11-18(3)16-13-17-10-6-9-15(16)19/h4-10H,1,11-13H2,2-3H3/b8-5-,14-7+. The molecule has 0 fully saturated rings. The summed E-state index contributed by atoms with van der Waals surface area (Å²) in [6.45, 7) is 8.01. The van der Waals surface area contributed by atoms with Crippen LogP contribution in [0.4, 0.5) is 0 Å². The Hall–Kier alpha value is -1.10. The summed E-state index contributed by atoms with van der Waals surface area (Å²) in [5.74, 6) is 0. The van der Waals surface area contributed by atoms with Gasteiger partial charge in [-0.25, -0.2) is 0 Å². The maximum atomic E-state index is 3.83. The molecule has 0 N–H and O–H groups in total. The summed E-state index contributed by atoms with van der Waals surface area (Å²) in [6.07, 6.45) is 12.7. The summed E-state index contributed by atoms with van der Waals surface area (Å²) < 4.78 is 3.58. The molecule has 2 nitrogen and oxygen atoms in total. The second kappa shape index (κ2) is 6.89. The summed E-state index contributed by atoms with van der Waals surface area (Å²) >= 11 is 0.163. The molecule has 19 heavy (non-hydrogen) atoms. The van der Waals surface area contributed by atoms with E-state index in [1.807, 2.05) is 6.08 Å². The first-order valence-electron chi connectivity index (χ1n) is 6.52. The van der Waals surface area contributed by atoms with Gasteiger partial charge in [0.25, 0.3) is 0 Å². The van der Waals surface area contributed by atoms with Crippen molar-refractivity contribution in [3.05, 3.63) is 60.1 Å². The van der Waals surface area contributed by atoms with Gasteiger partial charge in [-0.2, -0.15) is 0 Å². The second-order valence-electron chi connectivity index (χ2n) is 4.51. The topological polar surface area (TPSA) is 6.48 Å². The number of likely N-dealkylation sites (N-methyl/N-ethyl adjacent to an activating group) is 1. The fourth-order valence-corrected chi connectivity index (χ4v) is 4.45. The third-order valence-electron chi connectivity index (χ3n) is 3.26. The highest BCUT2D eigenvalue weighted by molar-refractivity contribution is 14.2. The van der Waals surface area contributed by atoms with E-state index in [-0.39, 0.29) is 20.7 Å². The van der Waals surface area contributed by atoms with Gasteiger partial charge in [0.15, 0.2) is 0 Å². The maximum Gasteiger partial charge on any atom is 0.0614 e. The van der Waals surface area contributed by atoms with Crippen LogP contribution in [0.15, 0.2) is 60.1 Å². The zero-order valence-electron chi connectivity index (χ0n) is 11.6. The van der Waals surface area contributed by atoms with Crippen LogP contribution in [0.3, 0.4) is 0 Å². The Labute approximate surface area is 126 Å². The van der Waals surface area contributed by atoms with Gasteiger partial charge in [0.1, 0.15) is 0 Å². The molecule has 0 aliphatic carbocycles. The van der Waals surface area contributed by atoms with Crippen molar-refractivity contribution < 1.29 is 0 Å². The lowest BCUT2D eigenvalue weighted by Crippen LogP contribution is -2.39. The molecule has 0 aromatic rings. The summed E-state index contributed by atoms with van der Waals surface area (Å²) in [4.78, 5) is 4.83. The van der Waals surface area contributed by atoms with Gasteiger partial charge in [-0.1, -0.05) is 24.8 Å². The molecule has 0 saturated carbocycles. The largest absolute Gasteiger partial charge is 0.374 e. The number of hydrogen-bond donors (Lipinski definition) is 0. The molecule has 0 atom stereocenters. The number of hydrogen-bond acceptors (Lipinski definition) is 2. The van der Waals surface area contributed by atoms with Gasteiger partial charge in [-0.3, -0.25) is 0 Å². The fourth-order valence-electron chi connectivity index (χ4n) is 2.31. The van der Waals surface area contributed by atoms with Crippen molar-refractivity contribution in [3.8, 4) is 0 Å². The highest BCUT2D eigenvalue weighted by Crippen LogP contribution is 2.28. The van der Waals surface area contributed by atoms with Gasteiger partial charge in [0.2, 0.25) is 0 Å². The Bertz CT molecular complexity index is 495. The highest BCUT2D eigenvalue weighted by Gasteiger charge is 2.23. The smallest absolute Gasteiger partial charge is 0.0614 e. The predicted molar refractivity (Wildman–Crippen MR) is 93.5 cm³/mol. The van der Waals surface area contributed by atoms with Crippen molar-refractivity contribution in [3.63, 3.8) is 0 Å². The zero-order valence-corrected chi connectivity index (χ0v) is 13.8. The molecule has 2 heterocycles. The summed E-state index contributed by atoms with van der Waals surface area (Å²) in [5, 5.41) is 0. The molecule has 0 unspecified atom stereocenters. The van der Waals surface area contributed by atoms with Crippen molar-refractivity contribution in [1.29, 1.82) is 0 Å². The van der Waals surface area contributed by atoms with Gasteiger partial charge in [-0.05, 0) is 29.2 Å². The molecule has 3 heteroatoms. The molecule has 2 rings (SSSR count). The van der Waals surface area contributed by atoms with Crippen LogP contribution in [0, 0.1) is 0 Å². The van der Waals surface area contributed by atoms with Crippen LogP contribution >= 0.6 is 20.7 Å². The van der Waals surface area contributed by atoms with Crippen LogP contribution < -0.4 is 0 Å². The highest BCUT2D eigenvalue weighted by atomic mass is 127. The number of allylic oxidation sites excluding steroid dienone is 7. The maximum absolute atomic E-state index is 3.83. The summed E-state index contributed by atoms with van der Waals surface area (Å²) in [6, 6.07) is 0. The van der Waals surface area contributed by atoms with Crippen LogP contribution in [0.2, 0.25) is 0 Å². The Morgan fingerprint density at radius 1 is 1.42 bits per heavy atom. The van der Waals surface area contributed by atoms with Crippen LogP contribution in [0.5, 0.6) is 0 Å². The fraction of sp³-hybridized carbons (Fsp3) is 0.312. The number of halogens is 1. The van der Waals surface area contributed by atoms with Crippen LogP contribution in [0.25, 0.3) is 0 Å². The molecule has 102 valence electrons. The molecule has 2 aliphatic heterocycles. The molecule has 0 radical (unpaired) electrons. The zero-order chi connectivity index (χ0) is 13.7. The van der Waals surface area contributed by atoms with E-state index in [1.165, 1.54) is 21.5 Å². The molecule has 2 aliphatic rings. The van der Waals surface area contributed by atoms with Crippen molar-refractivity contribution in [2.45, 2.75) is 6.92 Å². The van der Waals surface area contributed by atoms with E-state index in [1.54, 1.807) is 0 Å². The molecule has 0 aromatic carbocycles. The lowest BCUT2D eigenvalue weighted by Gasteiger charge is -2.38. The Morgan fingerprint density at radius 3 is 3.00 bits per heavy atom. The van der Waals surface area contributed by atoms with Crippen molar-refractivity contribution in [1.82, 2.24) is 9.80 Å². The first kappa shape index (κ1) is 14.3. The van der Waals surface area contributed by atoms with E-state index in [0.29, 0.717) is 0 Å². The van der Waals surface area contributed by atoms with Crippen molar-refractivity contribution in [2.75, 3.05) is 24.6 Å². The third-order valence-corrected chi connectivity index (χ3v) is 5.35. The Morgan fingerprint density at radius 2 is 2.26 bits per heavy atom. The first-order chi connectivity index (χ1) is 9.27. The molecular weight excluding hydrogens is 347 g/mol. The minimum Gasteiger partial charge on any atom is -0.374 e. The molecule has 0 spiro atoms. The van der Waals surface area contributed by atoms with E-state index in [2.05, 4.69) is 64.7 Å². The molecule has 0 aromatic heterocycles. The minimum absolute atomic E-state index is 0.163. The predicted octanol–water partition coefficient (Wildman–Crippen LogP) is 3.43. The Balaban J connectivity index is 2.43. The second-order valence-corrected chi connectivity index (χ2v) is 6.87. The van der Waals surface area contributed by atoms with E-state index in [0.717, 1.165) is 13.1 Å². The van der Waals surface area contributed by atoms with Crippen molar-refractivity contribution >= 4 is 24.7 Å². The quantitative estimate of drug-likeness (QED) is 0.428. The average molecular weight is 368 g/mol. The van der Waals surface area contributed by atoms with Gasteiger partial charge in [0.05, 0.1) is 5.70 Å². The van der Waals surface area contributed by atoms with Gasteiger partial charge in [-0.15, -0.1) is 20.7 Å². The lowest BCUT2D eigenvalue weighted by atomic mass is 10.1. The molecule has 0 amide bonds. The molecule has 0 bridgehead atoms. The molecular formula is C16H21IN2. The monoisotopic (exact) mass is 368 g/mol. The summed E-state index contributed by atoms with van der Waals surface area (Å²) in [7, 11) is 2.21. The van der Waals surface area contributed by atoms with Gasteiger partial charge >= 0.3 is 0 Å². The van der Waals surface area contributed by atoms with Crippen LogP contribution in [0.1, 0.15) is 6.92 Å². The van der Waals surface area contributed by atoms with E-state index < -0.39 is 0 Å². The first-order valence-corrected chi connectivity index (χ1v) is 9.30. The van der Waals surface area contributed by atoms with E-state index >= 15 is 0 Å². The lowest BCUT2D eigenvalue weighted by molar-refractivity contribution is 0.297. The molecule has 0 saturated heterocycles. The SMILES string of the molecule is C=C/C=C(\C=C/C)N1CCN(C)C2=C1C=CC=IC2. The average Bonchev–Trinajstić information content (AvgIpc) is 2.65. The number of rotatable bonds is 3. The normalized spacial score (nSPS) is 20.4. The van der Waals surface area contributed by atoms with E-state index in [4.69, 9.17) is 0 Å². The number of alkyl halides is 1. The van der Waals surface area contributed by atoms with E-state index in [9.17, 15) is 0 Å². The van der Waals surface area contributed by atoms with Crippen molar-refractivity contribution in [2.24, 2.45) is 0 Å². The van der Waals surface area contributed by atoms with Crippen LogP contribution in [-0.4, -0.2) is 38.4 Å². The van der Waals surface area contributed by atoms with Gasteiger partial charge < -0.3 is 9.80 Å². The summed E-state index contributed by atoms with van der Waals surface area (Å²) in [5.41, 5.74) is 4.07. The number of nitrogens with zero attached hydrogens (tertiary/aromatic N) is 2. The van der Waals surface area contributed by atoms with Crippen LogP contribution in [-0.2, 0) is 0 Å². The Kier molecular flexibility index (Phi) is 5.19.